The Bertz CT molecular complexity index is 534. The van der Waals surface area contributed by atoms with Crippen LogP contribution >= 0.6 is 35.3 Å². The van der Waals surface area contributed by atoms with Crippen LogP contribution in [-0.4, -0.2) is 54.6 Å². The number of hydrogen-bond acceptors (Lipinski definition) is 4. The van der Waals surface area contributed by atoms with Gasteiger partial charge in [-0.05, 0) is 45.6 Å². The van der Waals surface area contributed by atoms with Crippen molar-refractivity contribution in [1.82, 2.24) is 20.5 Å². The van der Waals surface area contributed by atoms with E-state index in [-0.39, 0.29) is 24.0 Å². The first kappa shape index (κ1) is 23.6. The molecule has 2 heterocycles. The van der Waals surface area contributed by atoms with Crippen molar-refractivity contribution in [2.45, 2.75) is 59.4 Å². The van der Waals surface area contributed by atoms with E-state index >= 15 is 0 Å². The van der Waals surface area contributed by atoms with Crippen molar-refractivity contribution < 1.29 is 0 Å². The van der Waals surface area contributed by atoms with Gasteiger partial charge in [-0.25, -0.2) is 4.98 Å². The van der Waals surface area contributed by atoms with E-state index < -0.39 is 0 Å². The highest BCUT2D eigenvalue weighted by atomic mass is 127. The van der Waals surface area contributed by atoms with Crippen LogP contribution in [0, 0.1) is 5.92 Å². The number of aryl methyl sites for hydroxylation is 1. The van der Waals surface area contributed by atoms with Gasteiger partial charge in [-0.2, -0.15) is 0 Å². The molecule has 0 spiro atoms. The number of hydrogen-bond donors (Lipinski definition) is 2. The van der Waals surface area contributed by atoms with Gasteiger partial charge in [0, 0.05) is 43.2 Å². The first-order chi connectivity index (χ1) is 12.1. The topological polar surface area (TPSA) is 52.6 Å². The third kappa shape index (κ3) is 8.08. The quantitative estimate of drug-likeness (QED) is 0.331. The lowest BCUT2D eigenvalue weighted by Gasteiger charge is -2.35. The highest BCUT2D eigenvalue weighted by Gasteiger charge is 2.20. The van der Waals surface area contributed by atoms with E-state index in [1.165, 1.54) is 35.8 Å². The molecule has 1 aliphatic heterocycles. The van der Waals surface area contributed by atoms with Crippen molar-refractivity contribution in [3.05, 3.63) is 16.1 Å². The largest absolute Gasteiger partial charge is 0.357 e. The second-order valence-electron chi connectivity index (χ2n) is 7.06. The van der Waals surface area contributed by atoms with Gasteiger partial charge in [0.25, 0.3) is 0 Å². The summed E-state index contributed by atoms with van der Waals surface area (Å²) in [6.07, 6.45) is 6.71. The number of likely N-dealkylation sites (tertiary alicyclic amines) is 1. The fraction of sp³-hybridized carbons (Fsp3) is 0.789. The number of rotatable bonds is 8. The molecule has 7 heteroatoms. The number of aliphatic imine (C=N–C) groups is 1. The van der Waals surface area contributed by atoms with Crippen molar-refractivity contribution in [3.63, 3.8) is 0 Å². The number of halogens is 1. The Kier molecular flexibility index (Phi) is 11.7. The molecule has 2 atom stereocenters. The van der Waals surface area contributed by atoms with Gasteiger partial charge in [-0.15, -0.1) is 35.3 Å². The summed E-state index contributed by atoms with van der Waals surface area (Å²) in [5, 5.41) is 8.01. The lowest BCUT2D eigenvalue weighted by atomic mass is 9.99. The third-order valence-electron chi connectivity index (χ3n) is 4.75. The van der Waals surface area contributed by atoms with Crippen molar-refractivity contribution in [2.75, 3.05) is 32.7 Å². The molecule has 1 aliphatic rings. The molecule has 5 nitrogen and oxygen atoms in total. The summed E-state index contributed by atoms with van der Waals surface area (Å²) >= 11 is 1.82. The van der Waals surface area contributed by atoms with E-state index in [9.17, 15) is 0 Å². The molecule has 0 bridgehead atoms. The normalized spacial score (nSPS) is 19.7. The van der Waals surface area contributed by atoms with Gasteiger partial charge in [0.1, 0.15) is 0 Å². The van der Waals surface area contributed by atoms with Crippen LogP contribution in [0.2, 0.25) is 0 Å². The van der Waals surface area contributed by atoms with E-state index in [0.29, 0.717) is 6.04 Å². The second-order valence-corrected chi connectivity index (χ2v) is 8.26. The van der Waals surface area contributed by atoms with Gasteiger partial charge in [-0.1, -0.05) is 13.8 Å². The molecule has 2 rings (SSSR count). The van der Waals surface area contributed by atoms with Crippen molar-refractivity contribution in [3.8, 4) is 0 Å². The summed E-state index contributed by atoms with van der Waals surface area (Å²) in [7, 11) is 0. The van der Waals surface area contributed by atoms with Gasteiger partial charge < -0.3 is 10.6 Å². The average Bonchev–Trinajstić information content (AvgIpc) is 3.07. The Labute approximate surface area is 180 Å². The van der Waals surface area contributed by atoms with Crippen LogP contribution in [0.1, 0.15) is 50.4 Å². The Morgan fingerprint density at radius 2 is 2.23 bits per heavy atom. The van der Waals surface area contributed by atoms with Crippen LogP contribution < -0.4 is 10.6 Å². The molecular formula is C19H36IN5S. The number of piperidine rings is 1. The lowest BCUT2D eigenvalue weighted by Crippen LogP contribution is -2.43. The fourth-order valence-electron chi connectivity index (χ4n) is 3.22. The number of guanidine groups is 1. The molecule has 2 N–H and O–H groups in total. The highest BCUT2D eigenvalue weighted by Crippen LogP contribution is 2.17. The van der Waals surface area contributed by atoms with Crippen LogP contribution in [0.15, 0.2) is 11.2 Å². The monoisotopic (exact) mass is 493 g/mol. The molecule has 1 fully saturated rings. The Hall–Kier alpha value is -0.410. The minimum atomic E-state index is 0. The number of aromatic nitrogens is 1. The van der Waals surface area contributed by atoms with Gasteiger partial charge in [0.05, 0.1) is 11.6 Å². The van der Waals surface area contributed by atoms with E-state index in [1.807, 2.05) is 17.5 Å². The minimum absolute atomic E-state index is 0. The molecule has 0 saturated carbocycles. The van der Waals surface area contributed by atoms with Gasteiger partial charge in [0.2, 0.25) is 0 Å². The molecule has 0 aromatic carbocycles. The summed E-state index contributed by atoms with van der Waals surface area (Å²) in [4.78, 5) is 13.2. The van der Waals surface area contributed by atoms with Crippen molar-refractivity contribution >= 4 is 41.3 Å². The van der Waals surface area contributed by atoms with Crippen LogP contribution in [0.25, 0.3) is 0 Å². The zero-order valence-electron chi connectivity index (χ0n) is 16.8. The zero-order chi connectivity index (χ0) is 18.1. The maximum atomic E-state index is 4.80. The highest BCUT2D eigenvalue weighted by molar-refractivity contribution is 14.0. The lowest BCUT2D eigenvalue weighted by molar-refractivity contribution is 0.142. The predicted molar refractivity (Wildman–Crippen MR) is 124 cm³/mol. The molecule has 0 amide bonds. The van der Waals surface area contributed by atoms with E-state index in [4.69, 9.17) is 4.99 Å². The first-order valence-electron chi connectivity index (χ1n) is 9.82. The fourth-order valence-corrected chi connectivity index (χ4v) is 4.08. The van der Waals surface area contributed by atoms with Crippen LogP contribution in [-0.2, 0) is 12.8 Å². The first-order valence-corrected chi connectivity index (χ1v) is 10.6. The molecule has 0 radical (unpaired) electrons. The SMILES string of the molecule is CCNC(=NCC(C)N1CCCC(C)C1)NCCc1ncc(CC)s1.I. The molecular weight excluding hydrogens is 457 g/mol. The molecule has 1 saturated heterocycles. The summed E-state index contributed by atoms with van der Waals surface area (Å²) in [6.45, 7) is 14.0. The Balaban J connectivity index is 0.00000338. The number of nitrogens with one attached hydrogen (secondary N) is 2. The maximum Gasteiger partial charge on any atom is 0.191 e. The van der Waals surface area contributed by atoms with E-state index in [0.717, 1.165) is 44.4 Å². The zero-order valence-corrected chi connectivity index (χ0v) is 19.9. The molecule has 150 valence electrons. The number of thiazole rings is 1. The van der Waals surface area contributed by atoms with Crippen LogP contribution in [0.4, 0.5) is 0 Å². The maximum absolute atomic E-state index is 4.80. The van der Waals surface area contributed by atoms with Gasteiger partial charge >= 0.3 is 0 Å². The average molecular weight is 494 g/mol. The summed E-state index contributed by atoms with van der Waals surface area (Å²) in [5.41, 5.74) is 0. The summed E-state index contributed by atoms with van der Waals surface area (Å²) in [6, 6.07) is 0.504. The molecule has 2 unspecified atom stereocenters. The molecule has 26 heavy (non-hydrogen) atoms. The van der Waals surface area contributed by atoms with Crippen LogP contribution in [0.5, 0.6) is 0 Å². The summed E-state index contributed by atoms with van der Waals surface area (Å²) in [5.74, 6) is 1.74. The van der Waals surface area contributed by atoms with Crippen molar-refractivity contribution in [2.24, 2.45) is 10.9 Å². The second kappa shape index (κ2) is 12.9. The van der Waals surface area contributed by atoms with Gasteiger partial charge in [0.15, 0.2) is 5.96 Å². The third-order valence-corrected chi connectivity index (χ3v) is 5.95. The Morgan fingerprint density at radius 3 is 2.88 bits per heavy atom. The summed E-state index contributed by atoms with van der Waals surface area (Å²) < 4.78 is 0. The van der Waals surface area contributed by atoms with Crippen molar-refractivity contribution in [1.29, 1.82) is 0 Å². The minimum Gasteiger partial charge on any atom is -0.357 e. The standard InChI is InChI=1S/C19H35N5S.HI/c1-5-17-13-22-18(25-17)9-10-21-19(20-6-2)23-12-16(4)24-11-7-8-15(3)14-24;/h13,15-16H,5-12,14H2,1-4H3,(H2,20,21,23);1H. The molecule has 1 aromatic heterocycles. The molecule has 0 aliphatic carbocycles. The number of nitrogens with zero attached hydrogens (tertiary/aromatic N) is 3. The van der Waals surface area contributed by atoms with E-state index in [2.05, 4.69) is 48.2 Å². The Morgan fingerprint density at radius 1 is 1.42 bits per heavy atom. The van der Waals surface area contributed by atoms with E-state index in [1.54, 1.807) is 0 Å². The predicted octanol–water partition coefficient (Wildman–Crippen LogP) is 3.54. The van der Waals surface area contributed by atoms with Crippen LogP contribution in [0.3, 0.4) is 0 Å². The van der Waals surface area contributed by atoms with Gasteiger partial charge in [-0.3, -0.25) is 9.89 Å². The molecule has 1 aromatic rings. The smallest absolute Gasteiger partial charge is 0.191 e.